The number of hydrogen-bond acceptors (Lipinski definition) is 3. The standard InChI is InChI=1S/C22H28ClN3O/c1-17(20-8-4-3-5-9-20)24-22(27)18(2)26-13-11-25(12-14-26)16-19-7-6-10-21(23)15-19/h3-10,15,17-18H,11-14,16H2,1-2H3,(H,24,27)/t17-,18-/m0/s1. The molecule has 27 heavy (non-hydrogen) atoms. The lowest BCUT2D eigenvalue weighted by molar-refractivity contribution is -0.127. The minimum atomic E-state index is -0.121. The van der Waals surface area contributed by atoms with E-state index in [0.717, 1.165) is 43.3 Å². The van der Waals surface area contributed by atoms with Gasteiger partial charge < -0.3 is 5.32 Å². The van der Waals surface area contributed by atoms with Crippen LogP contribution in [0, 0.1) is 0 Å². The molecule has 2 aromatic carbocycles. The molecule has 0 aromatic heterocycles. The van der Waals surface area contributed by atoms with Crippen LogP contribution in [0.15, 0.2) is 54.6 Å². The van der Waals surface area contributed by atoms with Crippen LogP contribution in [-0.4, -0.2) is 47.9 Å². The number of nitrogens with one attached hydrogen (secondary N) is 1. The van der Waals surface area contributed by atoms with E-state index in [1.165, 1.54) is 5.56 Å². The summed E-state index contributed by atoms with van der Waals surface area (Å²) in [6, 6.07) is 18.0. The number of nitrogens with zero attached hydrogens (tertiary/aromatic N) is 2. The smallest absolute Gasteiger partial charge is 0.237 e. The molecule has 0 spiro atoms. The molecule has 2 aromatic rings. The Hall–Kier alpha value is -1.88. The highest BCUT2D eigenvalue weighted by Gasteiger charge is 2.26. The Balaban J connectivity index is 1.47. The zero-order valence-corrected chi connectivity index (χ0v) is 16.8. The Morgan fingerprint density at radius 1 is 1.04 bits per heavy atom. The van der Waals surface area contributed by atoms with E-state index in [1.54, 1.807) is 0 Å². The molecule has 1 heterocycles. The largest absolute Gasteiger partial charge is 0.348 e. The van der Waals surface area contributed by atoms with Crippen molar-refractivity contribution in [2.45, 2.75) is 32.5 Å². The van der Waals surface area contributed by atoms with Gasteiger partial charge in [-0.2, -0.15) is 0 Å². The van der Waals surface area contributed by atoms with Crippen molar-refractivity contribution in [3.8, 4) is 0 Å². The molecule has 0 aliphatic carbocycles. The van der Waals surface area contributed by atoms with Gasteiger partial charge in [0.1, 0.15) is 0 Å². The highest BCUT2D eigenvalue weighted by atomic mass is 35.5. The topological polar surface area (TPSA) is 35.6 Å². The lowest BCUT2D eigenvalue weighted by Crippen LogP contribution is -2.53. The maximum Gasteiger partial charge on any atom is 0.237 e. The highest BCUT2D eigenvalue weighted by Crippen LogP contribution is 2.16. The molecular weight excluding hydrogens is 358 g/mol. The molecule has 0 saturated carbocycles. The molecule has 0 unspecified atom stereocenters. The van der Waals surface area contributed by atoms with E-state index in [4.69, 9.17) is 11.6 Å². The number of carbonyl (C=O) groups excluding carboxylic acids is 1. The lowest BCUT2D eigenvalue weighted by atomic mass is 10.1. The van der Waals surface area contributed by atoms with Gasteiger partial charge in [-0.25, -0.2) is 0 Å². The Labute approximate surface area is 167 Å². The summed E-state index contributed by atoms with van der Waals surface area (Å²) in [5, 5.41) is 3.92. The average molecular weight is 386 g/mol. The van der Waals surface area contributed by atoms with Crippen molar-refractivity contribution in [2.24, 2.45) is 0 Å². The number of benzene rings is 2. The average Bonchev–Trinajstić information content (AvgIpc) is 2.68. The van der Waals surface area contributed by atoms with Gasteiger partial charge in [0.15, 0.2) is 0 Å². The van der Waals surface area contributed by atoms with Gasteiger partial charge in [0.2, 0.25) is 5.91 Å². The van der Waals surface area contributed by atoms with Crippen LogP contribution in [0.25, 0.3) is 0 Å². The van der Waals surface area contributed by atoms with Crippen LogP contribution in [0.5, 0.6) is 0 Å². The summed E-state index contributed by atoms with van der Waals surface area (Å²) in [4.78, 5) is 17.3. The fourth-order valence-corrected chi connectivity index (χ4v) is 3.74. The SMILES string of the molecule is C[C@H](NC(=O)[C@H](C)N1CCN(Cc2cccc(Cl)c2)CC1)c1ccccc1. The van der Waals surface area contributed by atoms with Gasteiger partial charge in [0.05, 0.1) is 12.1 Å². The van der Waals surface area contributed by atoms with Crippen LogP contribution in [0.4, 0.5) is 0 Å². The number of amides is 1. The van der Waals surface area contributed by atoms with Crippen molar-refractivity contribution in [3.63, 3.8) is 0 Å². The molecule has 144 valence electrons. The Bertz CT molecular complexity index is 744. The van der Waals surface area contributed by atoms with E-state index in [-0.39, 0.29) is 18.0 Å². The molecule has 3 rings (SSSR count). The van der Waals surface area contributed by atoms with Gasteiger partial charge in [-0.05, 0) is 37.1 Å². The monoisotopic (exact) mass is 385 g/mol. The first kappa shape index (κ1) is 19.9. The summed E-state index contributed by atoms with van der Waals surface area (Å²) in [6.45, 7) is 8.64. The molecule has 5 heteroatoms. The zero-order chi connectivity index (χ0) is 19.2. The minimum absolute atomic E-state index is 0.0188. The summed E-state index contributed by atoms with van der Waals surface area (Å²) >= 11 is 6.08. The molecule has 1 amide bonds. The zero-order valence-electron chi connectivity index (χ0n) is 16.1. The fraction of sp³-hybridized carbons (Fsp3) is 0.409. The summed E-state index contributed by atoms with van der Waals surface area (Å²) in [7, 11) is 0. The quantitative estimate of drug-likeness (QED) is 0.823. The predicted octanol–water partition coefficient (Wildman–Crippen LogP) is 3.72. The first-order valence-electron chi connectivity index (χ1n) is 9.59. The normalized spacial score (nSPS) is 18.0. The van der Waals surface area contributed by atoms with E-state index in [2.05, 4.69) is 21.2 Å². The van der Waals surface area contributed by atoms with Gasteiger partial charge in [0, 0.05) is 37.7 Å². The molecule has 1 fully saturated rings. The number of halogens is 1. The molecule has 2 atom stereocenters. The molecule has 0 radical (unpaired) electrons. The lowest BCUT2D eigenvalue weighted by Gasteiger charge is -2.37. The third-order valence-electron chi connectivity index (χ3n) is 5.29. The van der Waals surface area contributed by atoms with Crippen LogP contribution in [0.2, 0.25) is 5.02 Å². The molecule has 1 aliphatic rings. The molecule has 1 saturated heterocycles. The first-order chi connectivity index (χ1) is 13.0. The predicted molar refractivity (Wildman–Crippen MR) is 111 cm³/mol. The second-order valence-electron chi connectivity index (χ2n) is 7.26. The Kier molecular flexibility index (Phi) is 6.89. The van der Waals surface area contributed by atoms with Crippen LogP contribution < -0.4 is 5.32 Å². The fourth-order valence-electron chi connectivity index (χ4n) is 3.53. The van der Waals surface area contributed by atoms with Crippen LogP contribution in [0.1, 0.15) is 31.0 Å². The Morgan fingerprint density at radius 3 is 2.41 bits per heavy atom. The van der Waals surface area contributed by atoms with E-state index in [0.29, 0.717) is 0 Å². The van der Waals surface area contributed by atoms with E-state index in [1.807, 2.05) is 62.4 Å². The number of piperazine rings is 1. The van der Waals surface area contributed by atoms with Gasteiger partial charge in [0.25, 0.3) is 0 Å². The van der Waals surface area contributed by atoms with Crippen molar-refractivity contribution >= 4 is 17.5 Å². The van der Waals surface area contributed by atoms with Crippen LogP contribution in [-0.2, 0) is 11.3 Å². The molecule has 4 nitrogen and oxygen atoms in total. The third kappa shape index (κ3) is 5.55. The van der Waals surface area contributed by atoms with Crippen molar-refractivity contribution in [1.82, 2.24) is 15.1 Å². The second-order valence-corrected chi connectivity index (χ2v) is 7.70. The Morgan fingerprint density at radius 2 is 1.74 bits per heavy atom. The van der Waals surface area contributed by atoms with E-state index < -0.39 is 0 Å². The number of hydrogen-bond donors (Lipinski definition) is 1. The summed E-state index contributed by atoms with van der Waals surface area (Å²) in [6.07, 6.45) is 0. The number of rotatable bonds is 6. The molecule has 1 N–H and O–H groups in total. The number of carbonyl (C=O) groups is 1. The third-order valence-corrected chi connectivity index (χ3v) is 5.52. The highest BCUT2D eigenvalue weighted by molar-refractivity contribution is 6.30. The van der Waals surface area contributed by atoms with Gasteiger partial charge >= 0.3 is 0 Å². The van der Waals surface area contributed by atoms with Gasteiger partial charge in [-0.15, -0.1) is 0 Å². The van der Waals surface area contributed by atoms with Crippen molar-refractivity contribution in [1.29, 1.82) is 0 Å². The summed E-state index contributed by atoms with van der Waals surface area (Å²) in [5.74, 6) is 0.0923. The minimum Gasteiger partial charge on any atom is -0.348 e. The van der Waals surface area contributed by atoms with Crippen LogP contribution >= 0.6 is 11.6 Å². The molecule has 0 bridgehead atoms. The summed E-state index contributed by atoms with van der Waals surface area (Å²) < 4.78 is 0. The van der Waals surface area contributed by atoms with E-state index in [9.17, 15) is 4.79 Å². The first-order valence-corrected chi connectivity index (χ1v) is 9.97. The summed E-state index contributed by atoms with van der Waals surface area (Å²) in [5.41, 5.74) is 2.36. The van der Waals surface area contributed by atoms with Crippen molar-refractivity contribution < 1.29 is 4.79 Å². The van der Waals surface area contributed by atoms with Crippen molar-refractivity contribution in [2.75, 3.05) is 26.2 Å². The molecule has 1 aliphatic heterocycles. The maximum absolute atomic E-state index is 12.7. The maximum atomic E-state index is 12.7. The van der Waals surface area contributed by atoms with Crippen LogP contribution in [0.3, 0.4) is 0 Å². The second kappa shape index (κ2) is 9.36. The van der Waals surface area contributed by atoms with Gasteiger partial charge in [-0.1, -0.05) is 54.1 Å². The van der Waals surface area contributed by atoms with Crippen molar-refractivity contribution in [3.05, 3.63) is 70.7 Å². The van der Waals surface area contributed by atoms with Gasteiger partial charge in [-0.3, -0.25) is 14.6 Å². The van der Waals surface area contributed by atoms with E-state index >= 15 is 0 Å². The molecular formula is C22H28ClN3O.